The second-order valence-corrected chi connectivity index (χ2v) is 3.94. The van der Waals surface area contributed by atoms with Crippen molar-refractivity contribution in [2.75, 3.05) is 6.61 Å². The molecule has 0 aliphatic carbocycles. The molecule has 0 bridgehead atoms. The minimum Gasteiger partial charge on any atom is -0.466 e. The highest BCUT2D eigenvalue weighted by atomic mass is 16.6. The number of esters is 1. The lowest BCUT2D eigenvalue weighted by Crippen LogP contribution is -2.15. The molecule has 0 spiro atoms. The highest BCUT2D eigenvalue weighted by Gasteiger charge is 2.21. The quantitative estimate of drug-likeness (QED) is 0.442. The molecule has 1 aromatic carbocycles. The molecule has 0 N–H and O–H groups in total. The monoisotopic (exact) mass is 251 g/mol. The lowest BCUT2D eigenvalue weighted by atomic mass is 9.94. The topological polar surface area (TPSA) is 69.4 Å². The van der Waals surface area contributed by atoms with Gasteiger partial charge in [0.25, 0.3) is 5.69 Å². The first-order chi connectivity index (χ1) is 8.60. The van der Waals surface area contributed by atoms with Crippen molar-refractivity contribution in [2.45, 2.75) is 32.6 Å². The van der Waals surface area contributed by atoms with Crippen LogP contribution in [0.25, 0.3) is 0 Å². The van der Waals surface area contributed by atoms with E-state index in [1.165, 1.54) is 12.1 Å². The van der Waals surface area contributed by atoms with Crippen LogP contribution in [0.4, 0.5) is 5.69 Å². The van der Waals surface area contributed by atoms with Crippen molar-refractivity contribution in [1.82, 2.24) is 0 Å². The van der Waals surface area contributed by atoms with Gasteiger partial charge in [-0.25, -0.2) is 0 Å². The largest absolute Gasteiger partial charge is 0.466 e. The molecule has 0 heterocycles. The molecule has 0 saturated heterocycles. The minimum atomic E-state index is -0.455. The van der Waals surface area contributed by atoms with Gasteiger partial charge in [0.15, 0.2) is 0 Å². The zero-order chi connectivity index (χ0) is 13.5. The van der Waals surface area contributed by atoms with Crippen LogP contribution < -0.4 is 0 Å². The summed E-state index contributed by atoms with van der Waals surface area (Å²) in [4.78, 5) is 21.9. The SMILES string of the molecule is CCC[C@@H](C(=O)OCC)c1ccc([N+](=O)[O-])cc1. The van der Waals surface area contributed by atoms with Crippen molar-refractivity contribution in [1.29, 1.82) is 0 Å². The van der Waals surface area contributed by atoms with E-state index in [2.05, 4.69) is 0 Å². The summed E-state index contributed by atoms with van der Waals surface area (Å²) in [5.41, 5.74) is 0.791. The molecule has 0 aliphatic rings. The number of hydrogen-bond acceptors (Lipinski definition) is 4. The maximum Gasteiger partial charge on any atom is 0.313 e. The molecule has 0 unspecified atom stereocenters. The van der Waals surface area contributed by atoms with Gasteiger partial charge in [-0.1, -0.05) is 25.5 Å². The van der Waals surface area contributed by atoms with Crippen molar-refractivity contribution in [2.24, 2.45) is 0 Å². The van der Waals surface area contributed by atoms with E-state index >= 15 is 0 Å². The van der Waals surface area contributed by atoms with Gasteiger partial charge in [0.1, 0.15) is 0 Å². The normalized spacial score (nSPS) is 11.9. The number of benzene rings is 1. The summed E-state index contributed by atoms with van der Waals surface area (Å²) in [7, 11) is 0. The van der Waals surface area contributed by atoms with Crippen molar-refractivity contribution < 1.29 is 14.5 Å². The van der Waals surface area contributed by atoms with E-state index in [4.69, 9.17) is 4.74 Å². The van der Waals surface area contributed by atoms with Crippen molar-refractivity contribution in [3.05, 3.63) is 39.9 Å². The van der Waals surface area contributed by atoms with E-state index in [1.54, 1.807) is 19.1 Å². The summed E-state index contributed by atoms with van der Waals surface area (Å²) in [6.07, 6.45) is 1.52. The van der Waals surface area contributed by atoms with Crippen LogP contribution in [-0.4, -0.2) is 17.5 Å². The van der Waals surface area contributed by atoms with Crippen LogP contribution in [0.2, 0.25) is 0 Å². The lowest BCUT2D eigenvalue weighted by molar-refractivity contribution is -0.384. The molecule has 1 atom stereocenters. The number of hydrogen-bond donors (Lipinski definition) is 0. The highest BCUT2D eigenvalue weighted by molar-refractivity contribution is 5.78. The van der Waals surface area contributed by atoms with Crippen LogP contribution >= 0.6 is 0 Å². The summed E-state index contributed by atoms with van der Waals surface area (Å²) in [6, 6.07) is 6.07. The number of nitro benzene ring substituents is 1. The molecule has 18 heavy (non-hydrogen) atoms. The molecule has 0 aliphatic heterocycles. The van der Waals surface area contributed by atoms with Gasteiger partial charge in [-0.2, -0.15) is 0 Å². The summed E-state index contributed by atoms with van der Waals surface area (Å²) in [6.45, 7) is 4.08. The van der Waals surface area contributed by atoms with E-state index in [1.807, 2.05) is 6.92 Å². The Bertz CT molecular complexity index is 414. The van der Waals surface area contributed by atoms with Crippen LogP contribution in [0.15, 0.2) is 24.3 Å². The third kappa shape index (κ3) is 3.55. The average molecular weight is 251 g/mol. The summed E-state index contributed by atoms with van der Waals surface area (Å²) in [5.74, 6) is -0.607. The average Bonchev–Trinajstić information content (AvgIpc) is 2.36. The Hall–Kier alpha value is -1.91. The molecular weight excluding hydrogens is 234 g/mol. The lowest BCUT2D eigenvalue weighted by Gasteiger charge is -2.14. The maximum absolute atomic E-state index is 11.8. The second-order valence-electron chi connectivity index (χ2n) is 3.94. The minimum absolute atomic E-state index is 0.0258. The van der Waals surface area contributed by atoms with Crippen molar-refractivity contribution in [3.8, 4) is 0 Å². The number of nitro groups is 1. The maximum atomic E-state index is 11.8. The summed E-state index contributed by atoms with van der Waals surface area (Å²) in [5, 5.41) is 10.6. The Morgan fingerprint density at radius 2 is 1.94 bits per heavy atom. The highest BCUT2D eigenvalue weighted by Crippen LogP contribution is 2.25. The number of nitrogens with zero attached hydrogens (tertiary/aromatic N) is 1. The van der Waals surface area contributed by atoms with E-state index in [9.17, 15) is 14.9 Å². The molecule has 0 saturated carbocycles. The van der Waals surface area contributed by atoms with E-state index in [0.717, 1.165) is 12.0 Å². The van der Waals surface area contributed by atoms with Crippen LogP contribution in [0.1, 0.15) is 38.2 Å². The van der Waals surface area contributed by atoms with E-state index in [-0.39, 0.29) is 17.6 Å². The van der Waals surface area contributed by atoms with Crippen LogP contribution in [0.3, 0.4) is 0 Å². The molecule has 0 amide bonds. The number of non-ortho nitro benzene ring substituents is 1. The first kappa shape index (κ1) is 14.2. The van der Waals surface area contributed by atoms with Crippen LogP contribution in [0.5, 0.6) is 0 Å². The number of carbonyl (C=O) groups excluding carboxylic acids is 1. The third-order valence-corrected chi connectivity index (χ3v) is 2.65. The molecule has 1 rings (SSSR count). The third-order valence-electron chi connectivity index (χ3n) is 2.65. The zero-order valence-corrected chi connectivity index (χ0v) is 10.6. The summed E-state index contributed by atoms with van der Waals surface area (Å²) < 4.78 is 5.02. The molecule has 1 aromatic rings. The van der Waals surface area contributed by atoms with E-state index in [0.29, 0.717) is 13.0 Å². The number of rotatable bonds is 6. The molecule has 0 fully saturated rings. The predicted octanol–water partition coefficient (Wildman–Crippen LogP) is 3.04. The fourth-order valence-corrected chi connectivity index (χ4v) is 1.78. The van der Waals surface area contributed by atoms with Gasteiger partial charge in [0, 0.05) is 12.1 Å². The Labute approximate surface area is 106 Å². The fourth-order valence-electron chi connectivity index (χ4n) is 1.78. The van der Waals surface area contributed by atoms with Gasteiger partial charge >= 0.3 is 5.97 Å². The van der Waals surface area contributed by atoms with E-state index < -0.39 is 4.92 Å². The molecule has 5 nitrogen and oxygen atoms in total. The molecule has 0 aromatic heterocycles. The smallest absolute Gasteiger partial charge is 0.313 e. The molecule has 0 radical (unpaired) electrons. The van der Waals surface area contributed by atoms with Crippen LogP contribution in [0, 0.1) is 10.1 Å². The van der Waals surface area contributed by atoms with Crippen molar-refractivity contribution >= 4 is 11.7 Å². The first-order valence-electron chi connectivity index (χ1n) is 6.01. The van der Waals surface area contributed by atoms with Gasteiger partial charge in [-0.15, -0.1) is 0 Å². The van der Waals surface area contributed by atoms with Gasteiger partial charge in [0.05, 0.1) is 17.4 Å². The molecule has 98 valence electrons. The Morgan fingerprint density at radius 1 is 1.33 bits per heavy atom. The van der Waals surface area contributed by atoms with Gasteiger partial charge in [-0.05, 0) is 18.9 Å². The van der Waals surface area contributed by atoms with Crippen molar-refractivity contribution in [3.63, 3.8) is 0 Å². The first-order valence-corrected chi connectivity index (χ1v) is 6.01. The van der Waals surface area contributed by atoms with Crippen LogP contribution in [-0.2, 0) is 9.53 Å². The Balaban J connectivity index is 2.91. The fraction of sp³-hybridized carbons (Fsp3) is 0.462. The zero-order valence-electron chi connectivity index (χ0n) is 10.6. The number of ether oxygens (including phenoxy) is 1. The molecule has 5 heteroatoms. The standard InChI is InChI=1S/C13H17NO4/c1-3-5-12(13(15)18-4-2)10-6-8-11(9-7-10)14(16)17/h6-9,12H,3-5H2,1-2H3/t12-/m1/s1. The predicted molar refractivity (Wildman–Crippen MR) is 67.4 cm³/mol. The number of carbonyl (C=O) groups is 1. The van der Waals surface area contributed by atoms with Gasteiger partial charge in [0.2, 0.25) is 0 Å². The van der Waals surface area contributed by atoms with Gasteiger partial charge in [-0.3, -0.25) is 14.9 Å². The summed E-state index contributed by atoms with van der Waals surface area (Å²) >= 11 is 0. The second kappa shape index (κ2) is 6.74. The Morgan fingerprint density at radius 3 is 2.39 bits per heavy atom. The molecular formula is C13H17NO4. The Kier molecular flexibility index (Phi) is 5.30. The van der Waals surface area contributed by atoms with Gasteiger partial charge < -0.3 is 4.74 Å².